The molecule has 26 heavy (non-hydrogen) atoms. The fraction of sp³-hybridized carbons (Fsp3) is 0.294. The van der Waals surface area contributed by atoms with E-state index in [-0.39, 0.29) is 0 Å². The molecule has 1 aromatic carbocycles. The van der Waals surface area contributed by atoms with Crippen LogP contribution in [-0.2, 0) is 4.74 Å². The molecule has 4 aromatic rings. The third-order valence-corrected chi connectivity index (χ3v) is 5.91. The normalized spacial score (nSPS) is 15.1. The van der Waals surface area contributed by atoms with E-state index >= 15 is 0 Å². The monoisotopic (exact) mass is 389 g/mol. The second kappa shape index (κ2) is 6.49. The molecule has 0 fully saturated rings. The van der Waals surface area contributed by atoms with Gasteiger partial charge in [0.15, 0.2) is 21.4 Å². The van der Waals surface area contributed by atoms with Gasteiger partial charge in [0.05, 0.1) is 19.4 Å². The van der Waals surface area contributed by atoms with E-state index in [1.807, 2.05) is 30.7 Å². The summed E-state index contributed by atoms with van der Waals surface area (Å²) in [5.41, 5.74) is 1.40. The van der Waals surface area contributed by atoms with Crippen molar-refractivity contribution in [3.8, 4) is 23.0 Å². The molecule has 0 radical (unpaired) electrons. The summed E-state index contributed by atoms with van der Waals surface area (Å²) in [6.45, 7) is 2.00. The van der Waals surface area contributed by atoms with Crippen LogP contribution in [0.4, 0.5) is 0 Å². The van der Waals surface area contributed by atoms with Crippen LogP contribution in [0.15, 0.2) is 33.2 Å². The topological polar surface area (TPSA) is 71.0 Å². The lowest BCUT2D eigenvalue weighted by Crippen LogP contribution is -2.08. The van der Waals surface area contributed by atoms with Crippen LogP contribution in [0.2, 0.25) is 0 Å². The molecule has 0 saturated carbocycles. The lowest BCUT2D eigenvalue weighted by Gasteiger charge is -2.09. The van der Waals surface area contributed by atoms with Gasteiger partial charge in [-0.05, 0) is 24.5 Å². The molecule has 5 rings (SSSR count). The van der Waals surface area contributed by atoms with Gasteiger partial charge in [0.25, 0.3) is 0 Å². The summed E-state index contributed by atoms with van der Waals surface area (Å²) in [7, 11) is 0. The van der Waals surface area contributed by atoms with Crippen molar-refractivity contribution >= 4 is 39.0 Å². The molecule has 7 nitrogen and oxygen atoms in total. The minimum Gasteiger partial charge on any atom is -0.487 e. The highest BCUT2D eigenvalue weighted by Gasteiger charge is 2.19. The minimum absolute atomic E-state index is 0.451. The van der Waals surface area contributed by atoms with Gasteiger partial charge in [-0.2, -0.15) is 0 Å². The molecular weight excluding hydrogens is 374 g/mol. The molecule has 0 atom stereocenters. The Morgan fingerprint density at radius 2 is 2.04 bits per heavy atom. The maximum absolute atomic E-state index is 6.10. The summed E-state index contributed by atoms with van der Waals surface area (Å²) in [6, 6.07) is 5.83. The van der Waals surface area contributed by atoms with Gasteiger partial charge < -0.3 is 18.6 Å². The minimum atomic E-state index is 0.451. The number of ether oxygens (including phenoxy) is 3. The van der Waals surface area contributed by atoms with Gasteiger partial charge in [-0.25, -0.2) is 9.50 Å². The lowest BCUT2D eigenvalue weighted by atomic mass is 10.2. The van der Waals surface area contributed by atoms with Crippen LogP contribution in [0, 0.1) is 0 Å². The SMILES string of the molecule is CSc1nn2cc(-c3cc4ccc5c(c4o3)OCCOCCO5)nc2s1. The standard InChI is InChI=1S/C17H15N3O4S2/c1-25-17-19-20-9-11(18-16(20)26-17)13-8-10-2-3-12-15(14(10)24-13)23-7-5-21-4-6-22-12/h2-3,8-9H,4-7H2,1H3. The first-order chi connectivity index (χ1) is 12.8. The van der Waals surface area contributed by atoms with Crippen LogP contribution in [0.3, 0.4) is 0 Å². The van der Waals surface area contributed by atoms with Crippen LogP contribution < -0.4 is 9.47 Å². The number of hydrogen-bond donors (Lipinski definition) is 0. The van der Waals surface area contributed by atoms with E-state index in [0.29, 0.717) is 49.3 Å². The first kappa shape index (κ1) is 16.0. The van der Waals surface area contributed by atoms with Gasteiger partial charge in [0.2, 0.25) is 10.7 Å². The quantitative estimate of drug-likeness (QED) is 0.484. The summed E-state index contributed by atoms with van der Waals surface area (Å²) in [5.74, 6) is 1.96. The van der Waals surface area contributed by atoms with Crippen molar-refractivity contribution in [3.63, 3.8) is 0 Å². The number of aromatic nitrogens is 3. The number of thioether (sulfide) groups is 1. The van der Waals surface area contributed by atoms with Crippen LogP contribution in [0.25, 0.3) is 27.4 Å². The Morgan fingerprint density at radius 1 is 1.15 bits per heavy atom. The van der Waals surface area contributed by atoms with Gasteiger partial charge >= 0.3 is 0 Å². The molecule has 0 saturated heterocycles. The third-order valence-electron chi connectivity index (χ3n) is 4.02. The lowest BCUT2D eigenvalue weighted by molar-refractivity contribution is 0.0877. The van der Waals surface area contributed by atoms with E-state index in [9.17, 15) is 0 Å². The summed E-state index contributed by atoms with van der Waals surface area (Å²) < 4.78 is 25.9. The largest absolute Gasteiger partial charge is 0.487 e. The molecule has 9 heteroatoms. The predicted molar refractivity (Wildman–Crippen MR) is 99.7 cm³/mol. The van der Waals surface area contributed by atoms with Crippen molar-refractivity contribution in [1.82, 2.24) is 14.6 Å². The van der Waals surface area contributed by atoms with Gasteiger partial charge in [0, 0.05) is 5.39 Å². The molecule has 134 valence electrons. The molecular formula is C17H15N3O4S2. The van der Waals surface area contributed by atoms with Crippen LogP contribution in [-0.4, -0.2) is 47.3 Å². The van der Waals surface area contributed by atoms with Crippen molar-refractivity contribution < 1.29 is 18.6 Å². The Kier molecular flexibility index (Phi) is 3.99. The first-order valence-corrected chi connectivity index (χ1v) is 10.2. The Hall–Kier alpha value is -2.23. The van der Waals surface area contributed by atoms with Crippen LogP contribution >= 0.6 is 23.1 Å². The molecule has 0 amide bonds. The van der Waals surface area contributed by atoms with Crippen LogP contribution in [0.5, 0.6) is 11.5 Å². The summed E-state index contributed by atoms with van der Waals surface area (Å²) in [5, 5.41) is 5.41. The van der Waals surface area contributed by atoms with Gasteiger partial charge in [-0.1, -0.05) is 23.1 Å². The first-order valence-electron chi connectivity index (χ1n) is 8.12. The zero-order chi connectivity index (χ0) is 17.5. The zero-order valence-electron chi connectivity index (χ0n) is 13.9. The summed E-state index contributed by atoms with van der Waals surface area (Å²) >= 11 is 3.16. The predicted octanol–water partition coefficient (Wildman–Crippen LogP) is 3.71. The van der Waals surface area contributed by atoms with Crippen molar-refractivity contribution in [1.29, 1.82) is 0 Å². The number of fused-ring (bicyclic) bond motifs is 4. The van der Waals surface area contributed by atoms with Crippen molar-refractivity contribution in [2.75, 3.05) is 32.7 Å². The maximum atomic E-state index is 6.10. The average molecular weight is 389 g/mol. The Balaban J connectivity index is 1.58. The molecule has 0 bridgehead atoms. The van der Waals surface area contributed by atoms with Gasteiger partial charge in [-0.3, -0.25) is 0 Å². The van der Waals surface area contributed by atoms with Crippen molar-refractivity contribution in [2.24, 2.45) is 0 Å². The Bertz CT molecular complexity index is 1050. The van der Waals surface area contributed by atoms with E-state index in [2.05, 4.69) is 10.1 Å². The van der Waals surface area contributed by atoms with E-state index in [1.165, 1.54) is 0 Å². The van der Waals surface area contributed by atoms with E-state index in [4.69, 9.17) is 18.6 Å². The summed E-state index contributed by atoms with van der Waals surface area (Å²) in [4.78, 5) is 5.47. The van der Waals surface area contributed by atoms with E-state index < -0.39 is 0 Å². The highest BCUT2D eigenvalue weighted by molar-refractivity contribution is 8.00. The molecule has 0 spiro atoms. The number of hydrogen-bond acceptors (Lipinski definition) is 8. The fourth-order valence-corrected chi connectivity index (χ4v) is 4.18. The second-order valence-corrected chi connectivity index (χ2v) is 7.67. The number of imidazole rings is 1. The summed E-state index contributed by atoms with van der Waals surface area (Å²) in [6.07, 6.45) is 3.88. The van der Waals surface area contributed by atoms with Gasteiger partial charge in [-0.15, -0.1) is 5.10 Å². The molecule has 0 aliphatic carbocycles. The maximum Gasteiger partial charge on any atom is 0.213 e. The molecule has 4 heterocycles. The number of nitrogens with zero attached hydrogens (tertiary/aromatic N) is 3. The third kappa shape index (κ3) is 2.72. The Morgan fingerprint density at radius 3 is 2.88 bits per heavy atom. The molecule has 1 aliphatic rings. The highest BCUT2D eigenvalue weighted by atomic mass is 32.2. The van der Waals surface area contributed by atoms with E-state index in [1.54, 1.807) is 27.6 Å². The van der Waals surface area contributed by atoms with Crippen molar-refractivity contribution in [2.45, 2.75) is 4.34 Å². The number of furan rings is 1. The molecule has 0 unspecified atom stereocenters. The smallest absolute Gasteiger partial charge is 0.213 e. The molecule has 0 N–H and O–H groups in total. The van der Waals surface area contributed by atoms with Crippen molar-refractivity contribution in [3.05, 3.63) is 24.4 Å². The second-order valence-electron chi connectivity index (χ2n) is 5.66. The van der Waals surface area contributed by atoms with E-state index in [0.717, 1.165) is 20.4 Å². The molecule has 3 aromatic heterocycles. The highest BCUT2D eigenvalue weighted by Crippen LogP contribution is 2.40. The zero-order valence-corrected chi connectivity index (χ0v) is 15.6. The van der Waals surface area contributed by atoms with Crippen LogP contribution in [0.1, 0.15) is 0 Å². The average Bonchev–Trinajstić information content (AvgIpc) is 3.34. The molecule has 1 aliphatic heterocycles. The number of rotatable bonds is 2. The number of benzene rings is 1. The fourth-order valence-electron chi connectivity index (χ4n) is 2.83. The van der Waals surface area contributed by atoms with Gasteiger partial charge in [0.1, 0.15) is 18.9 Å². The Labute approximate surface area is 156 Å².